The third-order valence-electron chi connectivity index (χ3n) is 6.21. The zero-order valence-corrected chi connectivity index (χ0v) is 16.6. The number of hydrogen-bond acceptors (Lipinski definition) is 6. The molecule has 2 aromatic rings. The molecule has 8 nitrogen and oxygen atoms in total. The van der Waals surface area contributed by atoms with Crippen molar-refractivity contribution in [3.8, 4) is 0 Å². The number of anilines is 1. The second kappa shape index (κ2) is 7.38. The topological polar surface area (TPSA) is 92.5 Å². The van der Waals surface area contributed by atoms with Crippen molar-refractivity contribution in [3.05, 3.63) is 42.1 Å². The van der Waals surface area contributed by atoms with E-state index >= 15 is 0 Å². The Kier molecular flexibility index (Phi) is 5.04. The number of carbonyl (C=O) groups is 1. The highest BCUT2D eigenvalue weighted by Gasteiger charge is 2.54. The molecule has 0 unspecified atom stereocenters. The van der Waals surface area contributed by atoms with Gasteiger partial charge in [-0.05, 0) is 44.4 Å². The zero-order chi connectivity index (χ0) is 20.6. The molecule has 29 heavy (non-hydrogen) atoms. The fourth-order valence-corrected chi connectivity index (χ4v) is 4.44. The second-order valence-electron chi connectivity index (χ2n) is 8.07. The summed E-state index contributed by atoms with van der Waals surface area (Å²) in [6.07, 6.45) is 3.77. The molecule has 2 aliphatic heterocycles. The lowest BCUT2D eigenvalue weighted by molar-refractivity contribution is -0.195. The molecule has 2 atom stereocenters. The van der Waals surface area contributed by atoms with E-state index in [1.807, 2.05) is 11.8 Å². The fraction of sp³-hybridized carbons (Fsp3) is 0.550. The third-order valence-corrected chi connectivity index (χ3v) is 6.21. The Morgan fingerprint density at radius 2 is 2.07 bits per heavy atom. The average Bonchev–Trinajstić information content (AvgIpc) is 3.14. The van der Waals surface area contributed by atoms with E-state index in [0.717, 1.165) is 0 Å². The van der Waals surface area contributed by atoms with Crippen LogP contribution in [0.15, 0.2) is 30.6 Å². The summed E-state index contributed by atoms with van der Waals surface area (Å²) in [5.74, 6) is -0.321. The second-order valence-corrected chi connectivity index (χ2v) is 8.07. The van der Waals surface area contributed by atoms with Crippen LogP contribution < -0.4 is 10.2 Å². The van der Waals surface area contributed by atoms with Crippen LogP contribution >= 0.6 is 0 Å². The molecular weight excluding hydrogens is 377 g/mol. The van der Waals surface area contributed by atoms with Crippen LogP contribution in [0.1, 0.15) is 36.7 Å². The molecule has 0 aliphatic carbocycles. The molecule has 0 bridgehead atoms. The van der Waals surface area contributed by atoms with Gasteiger partial charge in [0.15, 0.2) is 11.6 Å². The molecule has 1 amide bonds. The third kappa shape index (κ3) is 3.49. The van der Waals surface area contributed by atoms with E-state index in [1.54, 1.807) is 31.6 Å². The van der Waals surface area contributed by atoms with E-state index in [2.05, 4.69) is 15.4 Å². The molecule has 2 aliphatic rings. The number of halogens is 1. The molecule has 0 aromatic carbocycles. The van der Waals surface area contributed by atoms with Gasteiger partial charge in [-0.15, -0.1) is 0 Å². The summed E-state index contributed by atoms with van der Waals surface area (Å²) in [5, 5.41) is 18.3. The summed E-state index contributed by atoms with van der Waals surface area (Å²) < 4.78 is 21.6. The van der Waals surface area contributed by atoms with Crippen molar-refractivity contribution in [2.45, 2.75) is 43.4 Å². The first-order chi connectivity index (χ1) is 13.8. The van der Waals surface area contributed by atoms with Gasteiger partial charge < -0.3 is 20.1 Å². The minimum Gasteiger partial charge on any atom is -0.388 e. The summed E-state index contributed by atoms with van der Waals surface area (Å²) in [5.41, 5.74) is -1.19. The van der Waals surface area contributed by atoms with E-state index < -0.39 is 17.2 Å². The lowest BCUT2D eigenvalue weighted by Gasteiger charge is -2.53. The number of amides is 1. The summed E-state index contributed by atoms with van der Waals surface area (Å²) in [4.78, 5) is 18.7. The Morgan fingerprint density at radius 1 is 1.31 bits per heavy atom. The summed E-state index contributed by atoms with van der Waals surface area (Å²) in [6, 6.07) is 4.60. The maximum atomic E-state index is 14.1. The Morgan fingerprint density at radius 3 is 2.72 bits per heavy atom. The Balaban J connectivity index is 1.48. The highest BCUT2D eigenvalue weighted by molar-refractivity contribution is 5.93. The lowest BCUT2D eigenvalue weighted by atomic mass is 9.73. The summed E-state index contributed by atoms with van der Waals surface area (Å²) in [6.45, 7) is 3.30. The molecule has 4 rings (SSSR count). The van der Waals surface area contributed by atoms with Gasteiger partial charge in [0.2, 0.25) is 0 Å². The van der Waals surface area contributed by atoms with Crippen molar-refractivity contribution in [1.82, 2.24) is 20.1 Å². The van der Waals surface area contributed by atoms with Gasteiger partial charge >= 0.3 is 0 Å². The normalized spacial score (nSPS) is 26.5. The Hall–Kier alpha value is -2.52. The van der Waals surface area contributed by atoms with Crippen molar-refractivity contribution in [1.29, 1.82) is 0 Å². The monoisotopic (exact) mass is 403 g/mol. The standard InChI is InChI=1S/C20H26FN5O3/c1-19(24-17(27)15-5-10-23-25(15)2)8-13-29-20(18(19)28)6-11-26(12-7-20)16-14(21)4-3-9-22-16/h3-5,9-10,18,28H,6-8,11-13H2,1-2H3,(H,24,27)/t18-,19+/m1/s1. The van der Waals surface area contributed by atoms with Crippen molar-refractivity contribution in [2.75, 3.05) is 24.6 Å². The van der Waals surface area contributed by atoms with Crippen LogP contribution in [0.25, 0.3) is 0 Å². The molecule has 9 heteroatoms. The molecule has 4 heterocycles. The van der Waals surface area contributed by atoms with Gasteiger partial charge in [0.1, 0.15) is 11.8 Å². The fourth-order valence-electron chi connectivity index (χ4n) is 4.44. The number of pyridine rings is 1. The average molecular weight is 403 g/mol. The number of aromatic nitrogens is 3. The number of nitrogens with zero attached hydrogens (tertiary/aromatic N) is 4. The van der Waals surface area contributed by atoms with Crippen molar-refractivity contribution in [2.24, 2.45) is 7.05 Å². The van der Waals surface area contributed by atoms with E-state index in [0.29, 0.717) is 50.5 Å². The number of nitrogens with one attached hydrogen (secondary N) is 1. The van der Waals surface area contributed by atoms with Gasteiger partial charge in [-0.1, -0.05) is 0 Å². The smallest absolute Gasteiger partial charge is 0.270 e. The first-order valence-corrected chi connectivity index (χ1v) is 9.83. The molecule has 0 saturated carbocycles. The largest absolute Gasteiger partial charge is 0.388 e. The van der Waals surface area contributed by atoms with Crippen LogP contribution in [0.4, 0.5) is 10.2 Å². The van der Waals surface area contributed by atoms with Crippen molar-refractivity contribution >= 4 is 11.7 Å². The van der Waals surface area contributed by atoms with Crippen LogP contribution in [-0.4, -0.2) is 62.7 Å². The quantitative estimate of drug-likeness (QED) is 0.802. The van der Waals surface area contributed by atoms with E-state index in [4.69, 9.17) is 4.74 Å². The molecular formula is C20H26FN5O3. The Bertz CT molecular complexity index is 896. The number of aliphatic hydroxyl groups is 1. The maximum absolute atomic E-state index is 14.1. The van der Waals surface area contributed by atoms with Crippen LogP contribution in [0, 0.1) is 5.82 Å². The predicted molar refractivity (Wildman–Crippen MR) is 104 cm³/mol. The Labute approximate surface area is 168 Å². The van der Waals surface area contributed by atoms with Gasteiger partial charge in [-0.2, -0.15) is 5.10 Å². The van der Waals surface area contributed by atoms with Gasteiger partial charge in [0.25, 0.3) is 5.91 Å². The van der Waals surface area contributed by atoms with Gasteiger partial charge in [0.05, 0.1) is 11.1 Å². The lowest BCUT2D eigenvalue weighted by Crippen LogP contribution is -2.69. The minimum absolute atomic E-state index is 0.281. The van der Waals surface area contributed by atoms with Crippen molar-refractivity contribution < 1.29 is 19.0 Å². The zero-order valence-electron chi connectivity index (χ0n) is 16.6. The van der Waals surface area contributed by atoms with E-state index in [9.17, 15) is 14.3 Å². The molecule has 2 N–H and O–H groups in total. The number of aliphatic hydroxyl groups excluding tert-OH is 1. The van der Waals surface area contributed by atoms with Crippen LogP contribution in [-0.2, 0) is 11.8 Å². The van der Waals surface area contributed by atoms with Gasteiger partial charge in [-0.3, -0.25) is 9.48 Å². The number of piperidine rings is 1. The molecule has 2 fully saturated rings. The highest BCUT2D eigenvalue weighted by Crippen LogP contribution is 2.40. The molecule has 2 saturated heterocycles. The van der Waals surface area contributed by atoms with E-state index in [1.165, 1.54) is 10.7 Å². The van der Waals surface area contributed by atoms with Crippen LogP contribution in [0.3, 0.4) is 0 Å². The van der Waals surface area contributed by atoms with Crippen molar-refractivity contribution in [3.63, 3.8) is 0 Å². The van der Waals surface area contributed by atoms with Crippen LogP contribution in [0.5, 0.6) is 0 Å². The van der Waals surface area contributed by atoms with Gasteiger partial charge in [0, 0.05) is 39.1 Å². The first kappa shape index (κ1) is 19.8. The number of ether oxygens (including phenoxy) is 1. The van der Waals surface area contributed by atoms with E-state index in [-0.39, 0.29) is 11.7 Å². The summed E-state index contributed by atoms with van der Waals surface area (Å²) >= 11 is 0. The molecule has 156 valence electrons. The van der Waals surface area contributed by atoms with Gasteiger partial charge in [-0.25, -0.2) is 9.37 Å². The number of hydrogen-bond donors (Lipinski definition) is 2. The highest BCUT2D eigenvalue weighted by atomic mass is 19.1. The molecule has 1 spiro atoms. The predicted octanol–water partition coefficient (Wildman–Crippen LogP) is 1.26. The SMILES string of the molecule is Cn1nccc1C(=O)N[C@@]1(C)CCOC2(CCN(c3ncccc3F)CC2)[C@@H]1O. The number of rotatable bonds is 3. The molecule has 2 aromatic heterocycles. The summed E-state index contributed by atoms with van der Waals surface area (Å²) in [7, 11) is 1.70. The minimum atomic E-state index is -0.892. The number of aryl methyl sites for hydroxylation is 1. The maximum Gasteiger partial charge on any atom is 0.270 e. The number of carbonyl (C=O) groups excluding carboxylic acids is 1. The first-order valence-electron chi connectivity index (χ1n) is 9.83. The van der Waals surface area contributed by atoms with Crippen LogP contribution in [0.2, 0.25) is 0 Å². The molecule has 0 radical (unpaired) electrons.